The van der Waals surface area contributed by atoms with Crippen molar-refractivity contribution in [3.63, 3.8) is 0 Å². The maximum absolute atomic E-state index is 11.5. The summed E-state index contributed by atoms with van der Waals surface area (Å²) < 4.78 is 0. The van der Waals surface area contributed by atoms with Gasteiger partial charge in [-0.15, -0.1) is 0 Å². The van der Waals surface area contributed by atoms with Crippen LogP contribution >= 0.6 is 0 Å². The van der Waals surface area contributed by atoms with Crippen LogP contribution < -0.4 is 0 Å². The first kappa shape index (κ1) is 46.0. The van der Waals surface area contributed by atoms with Crippen LogP contribution in [-0.4, -0.2) is 15.3 Å². The first-order valence-electron chi connectivity index (χ1n) is 22.3. The van der Waals surface area contributed by atoms with Crippen LogP contribution in [0.25, 0.3) is 0 Å². The van der Waals surface area contributed by atoms with Gasteiger partial charge in [-0.2, -0.15) is 0 Å². The summed E-state index contributed by atoms with van der Waals surface area (Å²) in [4.78, 5) is 0. The molecule has 0 amide bonds. The van der Waals surface area contributed by atoms with Crippen molar-refractivity contribution in [3.8, 4) is 17.2 Å². The summed E-state index contributed by atoms with van der Waals surface area (Å²) in [5.74, 6) is 4.08. The van der Waals surface area contributed by atoms with E-state index in [1.807, 2.05) is 0 Å². The molecule has 0 spiro atoms. The standard InChI is InChI=1S/C54H78O3/c1-31(2)16-43-22-40(23-44(52(43)55)17-32(3)4)28-49-37(13)50(29-41-24-45(18-33(5)6)53(56)46(25-41)19-34(7)8)39(15)51(38(49)14)30-42-26-47(20-35(9)10)54(57)48(27-42)21-36(11)12/h22-27,31-36,55-57H,16-21,28-30H2,1-15H3. The largest absolute Gasteiger partial charge is 0.507 e. The van der Waals surface area contributed by atoms with Gasteiger partial charge >= 0.3 is 0 Å². The van der Waals surface area contributed by atoms with E-state index in [-0.39, 0.29) is 0 Å². The minimum absolute atomic E-state index is 0.442. The highest BCUT2D eigenvalue weighted by molar-refractivity contribution is 5.57. The Kier molecular flexibility index (Phi) is 16.0. The van der Waals surface area contributed by atoms with E-state index in [1.165, 1.54) is 50.1 Å². The second kappa shape index (κ2) is 19.8. The highest BCUT2D eigenvalue weighted by atomic mass is 16.3. The van der Waals surface area contributed by atoms with E-state index in [9.17, 15) is 15.3 Å². The summed E-state index contributed by atoms with van der Waals surface area (Å²) in [6, 6.07) is 13.6. The molecule has 0 unspecified atom stereocenters. The third kappa shape index (κ3) is 12.2. The van der Waals surface area contributed by atoms with Crippen molar-refractivity contribution in [1.82, 2.24) is 0 Å². The van der Waals surface area contributed by atoms with E-state index in [2.05, 4.69) is 140 Å². The zero-order valence-corrected chi connectivity index (χ0v) is 38.6. The Morgan fingerprint density at radius 2 is 0.474 bits per heavy atom. The molecule has 4 aromatic carbocycles. The average Bonchev–Trinajstić information content (AvgIpc) is 3.08. The average molecular weight is 775 g/mol. The maximum atomic E-state index is 11.5. The van der Waals surface area contributed by atoms with E-state index in [0.717, 1.165) is 91.2 Å². The molecule has 0 aliphatic heterocycles. The molecule has 0 radical (unpaired) electrons. The minimum Gasteiger partial charge on any atom is -0.507 e. The molecule has 0 saturated heterocycles. The second-order valence-corrected chi connectivity index (χ2v) is 20.2. The lowest BCUT2D eigenvalue weighted by molar-refractivity contribution is 0.450. The molecule has 0 saturated carbocycles. The molecular weight excluding hydrogens is 697 g/mol. The lowest BCUT2D eigenvalue weighted by atomic mass is 9.80. The van der Waals surface area contributed by atoms with E-state index < -0.39 is 0 Å². The van der Waals surface area contributed by atoms with Crippen LogP contribution in [0.2, 0.25) is 0 Å². The van der Waals surface area contributed by atoms with Crippen LogP contribution in [0.1, 0.15) is 167 Å². The van der Waals surface area contributed by atoms with Crippen LogP contribution in [-0.2, 0) is 57.8 Å². The molecule has 0 atom stereocenters. The predicted molar refractivity (Wildman–Crippen MR) is 245 cm³/mol. The molecule has 4 rings (SSSR count). The van der Waals surface area contributed by atoms with Crippen molar-refractivity contribution in [1.29, 1.82) is 0 Å². The first-order valence-corrected chi connectivity index (χ1v) is 22.3. The maximum Gasteiger partial charge on any atom is 0.121 e. The van der Waals surface area contributed by atoms with Gasteiger partial charge in [0, 0.05) is 0 Å². The molecule has 3 N–H and O–H groups in total. The van der Waals surface area contributed by atoms with Crippen molar-refractivity contribution in [3.05, 3.63) is 120 Å². The summed E-state index contributed by atoms with van der Waals surface area (Å²) >= 11 is 0. The Balaban J connectivity index is 1.99. The Labute approximate surface area is 348 Å². The van der Waals surface area contributed by atoms with Gasteiger partial charge < -0.3 is 15.3 Å². The number of rotatable bonds is 18. The second-order valence-electron chi connectivity index (χ2n) is 20.2. The van der Waals surface area contributed by atoms with Crippen molar-refractivity contribution in [2.24, 2.45) is 35.5 Å². The molecule has 0 aromatic heterocycles. The SMILES string of the molecule is Cc1c(Cc2cc(CC(C)C)c(O)c(CC(C)C)c2)c(C)c(Cc2cc(CC(C)C)c(O)c(CC(C)C)c2)c(C)c1Cc1cc(CC(C)C)c(O)c(CC(C)C)c1. The van der Waals surface area contributed by atoms with Crippen LogP contribution in [0.5, 0.6) is 17.2 Å². The van der Waals surface area contributed by atoms with E-state index in [1.54, 1.807) is 0 Å². The molecule has 0 heterocycles. The Morgan fingerprint density at radius 3 is 0.614 bits per heavy atom. The van der Waals surface area contributed by atoms with Gasteiger partial charge in [0.1, 0.15) is 17.2 Å². The molecule has 0 bridgehead atoms. The lowest BCUT2D eigenvalue weighted by Gasteiger charge is -2.25. The van der Waals surface area contributed by atoms with Crippen molar-refractivity contribution in [2.45, 2.75) is 162 Å². The third-order valence-electron chi connectivity index (χ3n) is 11.6. The van der Waals surface area contributed by atoms with Crippen LogP contribution in [0.3, 0.4) is 0 Å². The molecule has 312 valence electrons. The fourth-order valence-corrected chi connectivity index (χ4v) is 9.17. The number of hydrogen-bond acceptors (Lipinski definition) is 3. The summed E-state index contributed by atoms with van der Waals surface area (Å²) in [5, 5.41) is 34.4. The predicted octanol–water partition coefficient (Wildman–Crippen LogP) is 13.7. The summed E-state index contributed by atoms with van der Waals surface area (Å²) in [6.07, 6.45) is 7.50. The van der Waals surface area contributed by atoms with E-state index in [0.29, 0.717) is 52.8 Å². The summed E-state index contributed by atoms with van der Waals surface area (Å²) in [5.41, 5.74) is 18.2. The quantitative estimate of drug-likeness (QED) is 0.0943. The minimum atomic E-state index is 0.442. The molecular formula is C54H78O3. The lowest BCUT2D eigenvalue weighted by Crippen LogP contribution is -2.11. The smallest absolute Gasteiger partial charge is 0.121 e. The number of phenols is 3. The van der Waals surface area contributed by atoms with Crippen LogP contribution in [0.4, 0.5) is 0 Å². The van der Waals surface area contributed by atoms with Gasteiger partial charge in [-0.05, 0) is 198 Å². The zero-order chi connectivity index (χ0) is 42.5. The molecule has 57 heavy (non-hydrogen) atoms. The first-order chi connectivity index (χ1) is 26.6. The Hall–Kier alpha value is -3.72. The van der Waals surface area contributed by atoms with Gasteiger partial charge in [0.05, 0.1) is 0 Å². The van der Waals surface area contributed by atoms with Gasteiger partial charge in [-0.1, -0.05) is 119 Å². The normalized spacial score (nSPS) is 12.2. The van der Waals surface area contributed by atoms with Gasteiger partial charge in [-0.25, -0.2) is 0 Å². The Morgan fingerprint density at radius 1 is 0.316 bits per heavy atom. The molecule has 0 fully saturated rings. The molecule has 4 aromatic rings. The number of aromatic hydroxyl groups is 3. The third-order valence-corrected chi connectivity index (χ3v) is 11.6. The summed E-state index contributed by atoms with van der Waals surface area (Å²) in [6.45, 7) is 33.7. The highest BCUT2D eigenvalue weighted by Crippen LogP contribution is 2.38. The van der Waals surface area contributed by atoms with Gasteiger partial charge in [0.2, 0.25) is 0 Å². The fraction of sp³-hybridized carbons (Fsp3) is 0.556. The monoisotopic (exact) mass is 775 g/mol. The summed E-state index contributed by atoms with van der Waals surface area (Å²) in [7, 11) is 0. The van der Waals surface area contributed by atoms with Gasteiger partial charge in [0.15, 0.2) is 0 Å². The van der Waals surface area contributed by atoms with Crippen molar-refractivity contribution < 1.29 is 15.3 Å². The van der Waals surface area contributed by atoms with Crippen LogP contribution in [0.15, 0.2) is 36.4 Å². The number of benzene rings is 4. The van der Waals surface area contributed by atoms with Crippen molar-refractivity contribution in [2.75, 3.05) is 0 Å². The Bertz CT molecular complexity index is 1650. The number of hydrogen-bond donors (Lipinski definition) is 3. The van der Waals surface area contributed by atoms with Crippen molar-refractivity contribution >= 4 is 0 Å². The zero-order valence-electron chi connectivity index (χ0n) is 38.6. The highest BCUT2D eigenvalue weighted by Gasteiger charge is 2.23. The molecule has 0 aliphatic rings. The topological polar surface area (TPSA) is 60.7 Å². The molecule has 3 nitrogen and oxygen atoms in total. The van der Waals surface area contributed by atoms with Crippen LogP contribution in [0, 0.1) is 56.3 Å². The molecule has 0 aliphatic carbocycles. The number of phenolic OH excluding ortho intramolecular Hbond substituents is 3. The van der Waals surface area contributed by atoms with E-state index in [4.69, 9.17) is 0 Å². The molecule has 3 heteroatoms. The van der Waals surface area contributed by atoms with Gasteiger partial charge in [0.25, 0.3) is 0 Å². The fourth-order valence-electron chi connectivity index (χ4n) is 9.17. The van der Waals surface area contributed by atoms with Gasteiger partial charge in [-0.3, -0.25) is 0 Å². The van der Waals surface area contributed by atoms with E-state index >= 15 is 0 Å².